The molecule has 374 valence electrons. The third-order valence-electron chi connectivity index (χ3n) is 11.4. The van der Waals surface area contributed by atoms with Crippen molar-refractivity contribution in [3.8, 4) is 0 Å². The molecule has 15 nitrogen and oxygen atoms in total. The Morgan fingerprint density at radius 1 is 0.750 bits per heavy atom. The van der Waals surface area contributed by atoms with Gasteiger partial charge in [-0.1, -0.05) is 19.9 Å². The SMILES string of the molecule is CC(C)N1CCC(F)(F)CC1.CC(C)N1CCN(C)CC1.CC(C)Nc1cccc(N)n1.CC(C)Nc1n[nH]c(N)n1.CC1CCN(C(C)C)CC1.CCNCCCN1CCOCC1. The number of rotatable bonds is 12. The van der Waals surface area contributed by atoms with E-state index in [-0.39, 0.29) is 12.8 Å². The molecule has 0 aromatic carbocycles. The lowest BCUT2D eigenvalue weighted by Crippen LogP contribution is -2.47. The van der Waals surface area contributed by atoms with E-state index in [1.807, 2.05) is 39.8 Å². The summed E-state index contributed by atoms with van der Waals surface area (Å²) in [4.78, 5) is 20.0. The maximum atomic E-state index is 12.6. The van der Waals surface area contributed by atoms with Crippen molar-refractivity contribution in [2.24, 2.45) is 5.92 Å². The molecular weight excluding hydrogens is 815 g/mol. The van der Waals surface area contributed by atoms with Gasteiger partial charge in [-0.3, -0.25) is 9.80 Å². The van der Waals surface area contributed by atoms with Crippen molar-refractivity contribution < 1.29 is 13.5 Å². The van der Waals surface area contributed by atoms with Gasteiger partial charge in [-0.2, -0.15) is 4.98 Å². The number of halogens is 2. The predicted molar refractivity (Wildman–Crippen MR) is 268 cm³/mol. The molecule has 4 fully saturated rings. The van der Waals surface area contributed by atoms with Gasteiger partial charge in [0.2, 0.25) is 11.9 Å². The standard InChI is InChI=1S/C9H20N2O.C9H19N.C8H15F2N.C8H13N3.C8H18N2.C5H11N5/c1-2-10-4-3-5-11-6-8-12-9-7-11;1-8(2)10-6-4-9(3)5-7-10;1-7(2)11-5-3-8(9,10)4-6-11;1-6(2)10-8-5-3-4-7(9)11-8;1-8(2)10-6-4-9(3)5-7-10;1-3(2)7-5-8-4(6)9-10-5/h10H,2-9H2,1H3;8-9H,4-7H2,1-3H3;7H,3-6H2,1-2H3;3-6H,1-2H3,(H3,9,10,11);8H,4-7H2,1-3H3;3H,1-2H3,(H4,6,7,8,9,10). The number of nitrogens with one attached hydrogen (secondary N) is 4. The third-order valence-corrected chi connectivity index (χ3v) is 11.4. The lowest BCUT2D eigenvalue weighted by Gasteiger charge is -2.34. The summed E-state index contributed by atoms with van der Waals surface area (Å²) in [6.07, 6.45) is 4.13. The minimum Gasteiger partial charge on any atom is -0.384 e. The topological polar surface area (TPSA) is 168 Å². The number of nitrogen functional groups attached to an aromatic ring is 2. The van der Waals surface area contributed by atoms with E-state index in [0.29, 0.717) is 48.9 Å². The van der Waals surface area contributed by atoms with Crippen molar-refractivity contribution in [2.75, 3.05) is 127 Å². The number of hydrogen-bond donors (Lipinski definition) is 6. The van der Waals surface area contributed by atoms with Crippen molar-refractivity contribution in [1.29, 1.82) is 0 Å². The fourth-order valence-corrected chi connectivity index (χ4v) is 7.10. The number of aromatic amines is 1. The predicted octanol–water partition coefficient (Wildman–Crippen LogP) is 6.90. The Morgan fingerprint density at radius 3 is 1.75 bits per heavy atom. The fraction of sp³-hybridized carbons (Fsp3) is 0.851. The van der Waals surface area contributed by atoms with Crippen LogP contribution in [0.15, 0.2) is 18.2 Å². The number of ether oxygens (including phenoxy) is 1. The molecule has 4 aliphatic heterocycles. The first kappa shape index (κ1) is 59.1. The van der Waals surface area contributed by atoms with Gasteiger partial charge < -0.3 is 46.9 Å². The number of likely N-dealkylation sites (tertiary alicyclic amines) is 2. The van der Waals surface area contributed by atoms with Crippen molar-refractivity contribution in [2.45, 2.75) is 151 Å². The zero-order valence-electron chi connectivity index (χ0n) is 42.7. The molecule has 0 aliphatic carbocycles. The summed E-state index contributed by atoms with van der Waals surface area (Å²) < 4.78 is 30.5. The molecule has 0 radical (unpaired) electrons. The maximum Gasteiger partial charge on any atom is 0.250 e. The summed E-state index contributed by atoms with van der Waals surface area (Å²) in [5.41, 5.74) is 10.8. The van der Waals surface area contributed by atoms with Crippen LogP contribution >= 0.6 is 0 Å². The molecule has 0 saturated carbocycles. The molecule has 4 aliphatic rings. The first-order valence-corrected chi connectivity index (χ1v) is 24.4. The van der Waals surface area contributed by atoms with E-state index >= 15 is 0 Å². The van der Waals surface area contributed by atoms with Gasteiger partial charge in [0.25, 0.3) is 5.92 Å². The van der Waals surface area contributed by atoms with Gasteiger partial charge in [0.15, 0.2) is 0 Å². The summed E-state index contributed by atoms with van der Waals surface area (Å²) in [7, 11) is 2.19. The normalized spacial score (nSPS) is 19.0. The lowest BCUT2D eigenvalue weighted by atomic mass is 9.98. The number of nitrogens with zero attached hydrogens (tertiary/aromatic N) is 8. The molecule has 64 heavy (non-hydrogen) atoms. The molecule has 2 aromatic rings. The summed E-state index contributed by atoms with van der Waals surface area (Å²) in [6.45, 7) is 42.1. The zero-order valence-corrected chi connectivity index (χ0v) is 42.7. The first-order chi connectivity index (χ1) is 30.2. The van der Waals surface area contributed by atoms with Crippen LogP contribution in [-0.2, 0) is 4.74 Å². The number of nitrogens with two attached hydrogens (primary N) is 2. The molecule has 6 heterocycles. The van der Waals surface area contributed by atoms with Crippen molar-refractivity contribution in [1.82, 2.24) is 50.0 Å². The van der Waals surface area contributed by atoms with Crippen LogP contribution in [0.5, 0.6) is 0 Å². The highest BCUT2D eigenvalue weighted by Crippen LogP contribution is 2.28. The number of pyridine rings is 1. The van der Waals surface area contributed by atoms with E-state index in [9.17, 15) is 8.78 Å². The van der Waals surface area contributed by atoms with Crippen LogP contribution in [0.25, 0.3) is 0 Å². The van der Waals surface area contributed by atoms with Crippen molar-refractivity contribution in [3.63, 3.8) is 0 Å². The van der Waals surface area contributed by atoms with Gasteiger partial charge in [0, 0.05) is 95.4 Å². The molecule has 4 saturated heterocycles. The maximum absolute atomic E-state index is 12.6. The molecule has 0 bridgehead atoms. The van der Waals surface area contributed by atoms with Crippen LogP contribution < -0.4 is 27.4 Å². The van der Waals surface area contributed by atoms with Crippen LogP contribution in [0.1, 0.15) is 115 Å². The van der Waals surface area contributed by atoms with Crippen LogP contribution in [0.4, 0.5) is 32.3 Å². The Balaban J connectivity index is 0.000000384. The van der Waals surface area contributed by atoms with E-state index in [1.54, 1.807) is 6.07 Å². The number of morpholine rings is 1. The monoisotopic (exact) mass is 911 g/mol. The van der Waals surface area contributed by atoms with E-state index in [1.165, 1.54) is 65.1 Å². The molecular formula is C47H96F2N14O. The van der Waals surface area contributed by atoms with Crippen LogP contribution in [-0.4, -0.2) is 186 Å². The summed E-state index contributed by atoms with van der Waals surface area (Å²) >= 11 is 0. The number of piperazine rings is 1. The Kier molecular flexibility index (Phi) is 31.0. The second kappa shape index (κ2) is 33.5. The Bertz CT molecular complexity index is 1360. The molecule has 0 atom stereocenters. The molecule has 2 aromatic heterocycles. The number of likely N-dealkylation sites (N-methyl/N-ethyl adjacent to an activating group) is 1. The van der Waals surface area contributed by atoms with Gasteiger partial charge in [0.1, 0.15) is 11.6 Å². The molecule has 17 heteroatoms. The van der Waals surface area contributed by atoms with E-state index in [2.05, 4.69) is 123 Å². The minimum absolute atomic E-state index is 0.0329. The molecule has 0 spiro atoms. The molecule has 8 N–H and O–H groups in total. The largest absolute Gasteiger partial charge is 0.384 e. The molecule has 6 rings (SSSR count). The quantitative estimate of drug-likeness (QED) is 0.122. The van der Waals surface area contributed by atoms with Crippen LogP contribution in [0.2, 0.25) is 0 Å². The average molecular weight is 911 g/mol. The van der Waals surface area contributed by atoms with Crippen molar-refractivity contribution >= 4 is 23.5 Å². The number of H-pyrrole nitrogens is 1. The summed E-state index contributed by atoms with van der Waals surface area (Å²) in [5.74, 6) is 0.840. The number of hydrogen-bond acceptors (Lipinski definition) is 14. The third kappa shape index (κ3) is 29.6. The molecule has 0 amide bonds. The van der Waals surface area contributed by atoms with Crippen LogP contribution in [0.3, 0.4) is 0 Å². The number of alkyl halides is 2. The molecule has 0 unspecified atom stereocenters. The van der Waals surface area contributed by atoms with Gasteiger partial charge in [-0.25, -0.2) is 18.9 Å². The Morgan fingerprint density at radius 2 is 1.28 bits per heavy atom. The fourth-order valence-electron chi connectivity index (χ4n) is 7.10. The zero-order chi connectivity index (χ0) is 48.1. The van der Waals surface area contributed by atoms with Gasteiger partial charge in [0.05, 0.1) is 13.2 Å². The van der Waals surface area contributed by atoms with Crippen molar-refractivity contribution in [3.05, 3.63) is 18.2 Å². The number of piperidine rings is 2. The minimum atomic E-state index is -2.40. The Hall–Kier alpha value is -2.93. The van der Waals surface area contributed by atoms with Gasteiger partial charge >= 0.3 is 0 Å². The van der Waals surface area contributed by atoms with Gasteiger partial charge in [-0.15, -0.1) is 5.10 Å². The average Bonchev–Trinajstić information content (AvgIpc) is 3.64. The lowest BCUT2D eigenvalue weighted by molar-refractivity contribution is -0.0603. The summed E-state index contributed by atoms with van der Waals surface area (Å²) in [6, 6.07) is 8.17. The Labute approximate surface area is 389 Å². The number of aromatic nitrogens is 4. The smallest absolute Gasteiger partial charge is 0.250 e. The second-order valence-corrected chi connectivity index (χ2v) is 19.0. The van der Waals surface area contributed by atoms with E-state index < -0.39 is 5.92 Å². The number of anilines is 4. The van der Waals surface area contributed by atoms with E-state index in [0.717, 1.165) is 63.2 Å². The highest BCUT2D eigenvalue weighted by atomic mass is 19.3. The highest BCUT2D eigenvalue weighted by Gasteiger charge is 2.34. The first-order valence-electron chi connectivity index (χ1n) is 24.4. The summed E-state index contributed by atoms with van der Waals surface area (Å²) in [5, 5.41) is 15.8. The highest BCUT2D eigenvalue weighted by molar-refractivity contribution is 5.42. The van der Waals surface area contributed by atoms with Gasteiger partial charge in [-0.05, 0) is 146 Å². The van der Waals surface area contributed by atoms with Crippen LogP contribution in [0, 0.1) is 5.92 Å². The van der Waals surface area contributed by atoms with E-state index in [4.69, 9.17) is 16.2 Å². The second-order valence-electron chi connectivity index (χ2n) is 19.0.